The van der Waals surface area contributed by atoms with E-state index in [9.17, 15) is 9.59 Å². The molecule has 0 spiro atoms. The van der Waals surface area contributed by atoms with Gasteiger partial charge in [0.15, 0.2) is 0 Å². The summed E-state index contributed by atoms with van der Waals surface area (Å²) in [5, 5.41) is 10.4. The summed E-state index contributed by atoms with van der Waals surface area (Å²) < 4.78 is 6.84. The number of methoxy groups -OCH3 is 1. The number of carbonyl (C=O) groups is 2. The molecule has 5 aromatic rings. The minimum Gasteiger partial charge on any atom is -0.497 e. The number of Topliss-reactive ketones (excluding diaryl/α,β-unsaturated/α-hetero) is 1. The first-order chi connectivity index (χ1) is 16.4. The van der Waals surface area contributed by atoms with E-state index in [1.54, 1.807) is 20.1 Å². The zero-order valence-corrected chi connectivity index (χ0v) is 19.6. The van der Waals surface area contributed by atoms with Crippen LogP contribution in [0.15, 0.2) is 60.0 Å². The molecule has 0 aliphatic heterocycles. The fourth-order valence-corrected chi connectivity index (χ4v) is 4.66. The smallest absolute Gasteiger partial charge is 0.298 e. The third kappa shape index (κ3) is 3.86. The number of hydrogen-bond acceptors (Lipinski definition) is 6. The van der Waals surface area contributed by atoms with Crippen LogP contribution < -0.4 is 10.1 Å². The lowest BCUT2D eigenvalue weighted by Crippen LogP contribution is -2.24. The van der Waals surface area contributed by atoms with Crippen molar-refractivity contribution in [3.8, 4) is 22.1 Å². The number of thiazole rings is 1. The predicted octanol–water partition coefficient (Wildman–Crippen LogP) is 4.92. The van der Waals surface area contributed by atoms with Gasteiger partial charge in [0.1, 0.15) is 11.6 Å². The van der Waals surface area contributed by atoms with Crippen LogP contribution >= 0.6 is 11.3 Å². The van der Waals surface area contributed by atoms with Gasteiger partial charge in [0.25, 0.3) is 11.7 Å². The SMILES string of the molecule is COc1cccc(-c2csc(-n3nc(C)cc3NC(=O)C(=O)c3c(C)[nH]c4ccccc34)n2)c1. The van der Waals surface area contributed by atoms with Crippen molar-refractivity contribution in [2.45, 2.75) is 13.8 Å². The fourth-order valence-electron chi connectivity index (χ4n) is 3.87. The molecule has 0 aliphatic rings. The second-order valence-electron chi connectivity index (χ2n) is 7.78. The largest absolute Gasteiger partial charge is 0.497 e. The monoisotopic (exact) mass is 471 g/mol. The molecule has 2 N–H and O–H groups in total. The Kier molecular flexibility index (Phi) is 5.46. The predicted molar refractivity (Wildman–Crippen MR) is 132 cm³/mol. The summed E-state index contributed by atoms with van der Waals surface area (Å²) in [6.07, 6.45) is 0. The second-order valence-corrected chi connectivity index (χ2v) is 8.62. The first kappa shape index (κ1) is 21.6. The van der Waals surface area contributed by atoms with Gasteiger partial charge in [-0.05, 0) is 32.0 Å². The van der Waals surface area contributed by atoms with Crippen molar-refractivity contribution in [1.82, 2.24) is 19.7 Å². The number of aromatic nitrogens is 4. The van der Waals surface area contributed by atoms with Crippen LogP contribution in [0.2, 0.25) is 0 Å². The molecule has 1 amide bonds. The number of aromatic amines is 1. The maximum atomic E-state index is 13.1. The fraction of sp³-hybridized carbons (Fsp3) is 0.120. The minimum absolute atomic E-state index is 0.366. The summed E-state index contributed by atoms with van der Waals surface area (Å²) in [5.41, 5.74) is 4.17. The van der Waals surface area contributed by atoms with Gasteiger partial charge in [-0.3, -0.25) is 9.59 Å². The topological polar surface area (TPSA) is 102 Å². The Balaban J connectivity index is 1.44. The Bertz CT molecular complexity index is 1550. The summed E-state index contributed by atoms with van der Waals surface area (Å²) in [5.74, 6) is -0.240. The van der Waals surface area contributed by atoms with E-state index in [2.05, 4.69) is 20.4 Å². The molecule has 9 heteroatoms. The Hall–Kier alpha value is -4.24. The Labute approximate surface area is 199 Å². The number of amides is 1. The maximum absolute atomic E-state index is 13.1. The highest BCUT2D eigenvalue weighted by Gasteiger charge is 2.24. The average Bonchev–Trinajstić information content (AvgIpc) is 3.54. The standard InChI is InChI=1S/C25H21N5O3S/c1-14-11-21(28-24(32)23(31)22-15(2)26-19-10-5-4-9-18(19)22)30(29-14)25-27-20(13-34-25)16-7-6-8-17(12-16)33-3/h4-13,26H,1-3H3,(H,28,32). The third-order valence-corrected chi connectivity index (χ3v) is 6.25. The van der Waals surface area contributed by atoms with Crippen molar-refractivity contribution < 1.29 is 14.3 Å². The number of nitrogens with zero attached hydrogens (tertiary/aromatic N) is 3. The molecule has 2 aromatic carbocycles. The number of para-hydroxylation sites is 1. The van der Waals surface area contributed by atoms with E-state index in [0.717, 1.165) is 22.5 Å². The van der Waals surface area contributed by atoms with Crippen molar-refractivity contribution in [1.29, 1.82) is 0 Å². The van der Waals surface area contributed by atoms with E-state index < -0.39 is 11.7 Å². The van der Waals surface area contributed by atoms with Gasteiger partial charge in [0, 0.05) is 33.6 Å². The van der Waals surface area contributed by atoms with Gasteiger partial charge in [-0.25, -0.2) is 4.98 Å². The Morgan fingerprint density at radius 3 is 2.74 bits per heavy atom. The van der Waals surface area contributed by atoms with Crippen LogP contribution in [0.1, 0.15) is 21.7 Å². The lowest BCUT2D eigenvalue weighted by molar-refractivity contribution is -0.112. The first-order valence-corrected chi connectivity index (χ1v) is 11.4. The number of ether oxygens (including phenoxy) is 1. The van der Waals surface area contributed by atoms with Gasteiger partial charge < -0.3 is 15.0 Å². The van der Waals surface area contributed by atoms with E-state index >= 15 is 0 Å². The van der Waals surface area contributed by atoms with Crippen LogP contribution in [-0.2, 0) is 4.79 Å². The summed E-state index contributed by atoms with van der Waals surface area (Å²) in [4.78, 5) is 33.9. The second kappa shape index (κ2) is 8.60. The van der Waals surface area contributed by atoms with E-state index in [1.165, 1.54) is 16.0 Å². The highest BCUT2D eigenvalue weighted by atomic mass is 32.1. The number of benzene rings is 2. The molecule has 5 rings (SSSR count). The first-order valence-electron chi connectivity index (χ1n) is 10.5. The zero-order valence-electron chi connectivity index (χ0n) is 18.7. The van der Waals surface area contributed by atoms with Gasteiger partial charge in [-0.2, -0.15) is 9.78 Å². The van der Waals surface area contributed by atoms with Gasteiger partial charge in [-0.15, -0.1) is 11.3 Å². The molecular weight excluding hydrogens is 450 g/mol. The summed E-state index contributed by atoms with van der Waals surface area (Å²) in [6.45, 7) is 3.60. The number of ketones is 1. The molecule has 0 aliphatic carbocycles. The number of anilines is 1. The summed E-state index contributed by atoms with van der Waals surface area (Å²) >= 11 is 1.38. The zero-order chi connectivity index (χ0) is 23.8. The molecule has 0 saturated carbocycles. The lowest BCUT2D eigenvalue weighted by Gasteiger charge is -2.06. The molecule has 34 heavy (non-hydrogen) atoms. The third-order valence-electron chi connectivity index (χ3n) is 5.44. The molecule has 0 unspecified atom stereocenters. The Morgan fingerprint density at radius 1 is 1.09 bits per heavy atom. The van der Waals surface area contributed by atoms with Crippen LogP contribution in [0, 0.1) is 13.8 Å². The molecule has 3 heterocycles. The van der Waals surface area contributed by atoms with Crippen LogP contribution in [0.3, 0.4) is 0 Å². The number of rotatable bonds is 6. The number of nitrogens with one attached hydrogen (secondary N) is 2. The minimum atomic E-state index is -0.737. The van der Waals surface area contributed by atoms with Gasteiger partial charge in [-0.1, -0.05) is 30.3 Å². The highest BCUT2D eigenvalue weighted by Crippen LogP contribution is 2.29. The van der Waals surface area contributed by atoms with Gasteiger partial charge in [0.05, 0.1) is 24.1 Å². The average molecular weight is 472 g/mol. The van der Waals surface area contributed by atoms with Gasteiger partial charge >= 0.3 is 0 Å². The number of H-pyrrole nitrogens is 1. The summed E-state index contributed by atoms with van der Waals surface area (Å²) in [7, 11) is 1.62. The van der Waals surface area contributed by atoms with Crippen molar-refractivity contribution in [2.75, 3.05) is 12.4 Å². The van der Waals surface area contributed by atoms with Crippen LogP contribution in [-0.4, -0.2) is 38.5 Å². The lowest BCUT2D eigenvalue weighted by atomic mass is 10.1. The highest BCUT2D eigenvalue weighted by molar-refractivity contribution is 7.12. The van der Waals surface area contributed by atoms with Crippen LogP contribution in [0.4, 0.5) is 5.82 Å². The quantitative estimate of drug-likeness (QED) is 0.270. The number of hydrogen-bond donors (Lipinski definition) is 2. The van der Waals surface area contributed by atoms with Crippen molar-refractivity contribution in [3.05, 3.63) is 76.9 Å². The maximum Gasteiger partial charge on any atom is 0.298 e. The molecule has 3 aromatic heterocycles. The number of aryl methyl sites for hydroxylation is 2. The van der Waals surface area contributed by atoms with Gasteiger partial charge in [0.2, 0.25) is 5.13 Å². The molecule has 0 fully saturated rings. The Morgan fingerprint density at radius 2 is 1.91 bits per heavy atom. The van der Waals surface area contributed by atoms with E-state index in [1.807, 2.05) is 60.8 Å². The van der Waals surface area contributed by atoms with E-state index in [4.69, 9.17) is 4.74 Å². The van der Waals surface area contributed by atoms with E-state index in [0.29, 0.717) is 33.3 Å². The molecule has 0 bridgehead atoms. The van der Waals surface area contributed by atoms with Crippen molar-refractivity contribution >= 4 is 39.7 Å². The normalized spacial score (nSPS) is 11.0. The van der Waals surface area contributed by atoms with Crippen molar-refractivity contribution in [3.63, 3.8) is 0 Å². The molecule has 0 saturated heterocycles. The van der Waals surface area contributed by atoms with Crippen LogP contribution in [0.25, 0.3) is 27.3 Å². The molecule has 170 valence electrons. The van der Waals surface area contributed by atoms with Crippen LogP contribution in [0.5, 0.6) is 5.75 Å². The molecule has 0 atom stereocenters. The number of fused-ring (bicyclic) bond motifs is 1. The molecule has 8 nitrogen and oxygen atoms in total. The summed E-state index contributed by atoms with van der Waals surface area (Å²) in [6, 6.07) is 16.7. The molecular formula is C25H21N5O3S. The van der Waals surface area contributed by atoms with Crippen molar-refractivity contribution in [2.24, 2.45) is 0 Å². The number of carbonyl (C=O) groups excluding carboxylic acids is 2. The van der Waals surface area contributed by atoms with E-state index in [-0.39, 0.29) is 0 Å². The molecule has 0 radical (unpaired) electrons.